The van der Waals surface area contributed by atoms with Crippen LogP contribution in [-0.2, 0) is 9.59 Å². The second-order valence-corrected chi connectivity index (χ2v) is 6.14. The van der Waals surface area contributed by atoms with Crippen molar-refractivity contribution in [2.75, 3.05) is 25.5 Å². The van der Waals surface area contributed by atoms with Gasteiger partial charge in [0.1, 0.15) is 11.8 Å². The van der Waals surface area contributed by atoms with Gasteiger partial charge in [-0.2, -0.15) is 5.26 Å². The molecule has 0 aliphatic rings. The van der Waals surface area contributed by atoms with Gasteiger partial charge in [-0.1, -0.05) is 35.3 Å². The molecule has 0 aliphatic heterocycles. The van der Waals surface area contributed by atoms with Crippen molar-refractivity contribution in [3.63, 3.8) is 0 Å². The zero-order chi connectivity index (χ0) is 19.1. The molecule has 0 bridgehead atoms. The Balaban J connectivity index is 1.87. The molecule has 2 rings (SSSR count). The van der Waals surface area contributed by atoms with Gasteiger partial charge in [-0.05, 0) is 30.3 Å². The summed E-state index contributed by atoms with van der Waals surface area (Å²) in [7, 11) is 1.48. The Kier molecular flexibility index (Phi) is 6.84. The number of likely N-dealkylation sites (N-methyl/N-ethyl adjacent to an activating group) is 1. The van der Waals surface area contributed by atoms with Crippen molar-refractivity contribution in [1.82, 2.24) is 4.90 Å². The van der Waals surface area contributed by atoms with Gasteiger partial charge in [0, 0.05) is 12.7 Å². The smallest absolute Gasteiger partial charge is 0.260 e. The van der Waals surface area contributed by atoms with Crippen molar-refractivity contribution in [2.24, 2.45) is 0 Å². The summed E-state index contributed by atoms with van der Waals surface area (Å²) < 4.78 is 5.36. The van der Waals surface area contributed by atoms with Crippen LogP contribution >= 0.6 is 23.2 Å². The average molecular weight is 392 g/mol. The predicted molar refractivity (Wildman–Crippen MR) is 99.4 cm³/mol. The number of para-hydroxylation sites is 1. The summed E-state index contributed by atoms with van der Waals surface area (Å²) in [5.41, 5.74) is 0.810. The van der Waals surface area contributed by atoms with Crippen LogP contribution < -0.4 is 10.1 Å². The highest BCUT2D eigenvalue weighted by molar-refractivity contribution is 6.42. The number of rotatable bonds is 6. The molecule has 0 spiro atoms. The van der Waals surface area contributed by atoms with Crippen LogP contribution in [0.4, 0.5) is 5.69 Å². The summed E-state index contributed by atoms with van der Waals surface area (Å²) >= 11 is 11.7. The van der Waals surface area contributed by atoms with Crippen molar-refractivity contribution < 1.29 is 14.3 Å². The topological polar surface area (TPSA) is 82.4 Å². The summed E-state index contributed by atoms with van der Waals surface area (Å²) in [5, 5.41) is 12.3. The van der Waals surface area contributed by atoms with Gasteiger partial charge in [-0.3, -0.25) is 9.59 Å². The zero-order valence-corrected chi connectivity index (χ0v) is 15.3. The number of nitriles is 1. The number of hydrogen-bond donors (Lipinski definition) is 1. The number of ether oxygens (including phenoxy) is 1. The first-order chi connectivity index (χ1) is 12.4. The molecule has 0 saturated heterocycles. The monoisotopic (exact) mass is 391 g/mol. The minimum atomic E-state index is -0.401. The Labute approximate surface area is 160 Å². The maximum Gasteiger partial charge on any atom is 0.260 e. The number of carbonyl (C=O) groups excluding carboxylic acids is 2. The molecular weight excluding hydrogens is 377 g/mol. The molecular formula is C18H15Cl2N3O3. The molecule has 0 aliphatic carbocycles. The molecule has 0 atom stereocenters. The lowest BCUT2D eigenvalue weighted by Crippen LogP contribution is -2.37. The minimum absolute atomic E-state index is 0.164. The van der Waals surface area contributed by atoms with Gasteiger partial charge in [-0.25, -0.2) is 0 Å². The number of halogens is 2. The number of carbonyl (C=O) groups is 2. The standard InChI is InChI=1S/C18H15Cl2N3O3/c1-23(10-17(24)22-13-6-7-14(19)15(20)8-13)18(25)11-26-16-5-3-2-4-12(16)9-21/h2-8H,10-11H2,1H3,(H,22,24). The minimum Gasteiger partial charge on any atom is -0.482 e. The maximum absolute atomic E-state index is 12.1. The van der Waals surface area contributed by atoms with Gasteiger partial charge in [-0.15, -0.1) is 0 Å². The van der Waals surface area contributed by atoms with Gasteiger partial charge < -0.3 is 15.0 Å². The van der Waals surface area contributed by atoms with Gasteiger partial charge in [0.2, 0.25) is 5.91 Å². The molecule has 8 heteroatoms. The summed E-state index contributed by atoms with van der Waals surface area (Å²) in [6.45, 7) is -0.447. The van der Waals surface area contributed by atoms with E-state index in [2.05, 4.69) is 5.32 Å². The summed E-state index contributed by atoms with van der Waals surface area (Å²) in [4.78, 5) is 25.4. The summed E-state index contributed by atoms with van der Waals surface area (Å²) in [6, 6.07) is 13.3. The predicted octanol–water partition coefficient (Wildman–Crippen LogP) is 3.34. The van der Waals surface area contributed by atoms with Crippen LogP contribution in [0, 0.1) is 11.3 Å². The third-order valence-corrected chi connectivity index (χ3v) is 4.11. The second-order valence-electron chi connectivity index (χ2n) is 5.32. The number of nitrogens with zero attached hydrogens (tertiary/aromatic N) is 2. The average Bonchev–Trinajstić information content (AvgIpc) is 2.62. The van der Waals surface area contributed by atoms with Crippen molar-refractivity contribution in [2.45, 2.75) is 0 Å². The molecule has 0 heterocycles. The quantitative estimate of drug-likeness (QED) is 0.818. The fourth-order valence-electron chi connectivity index (χ4n) is 2.01. The molecule has 0 unspecified atom stereocenters. The van der Waals surface area contributed by atoms with Gasteiger partial charge in [0.05, 0.1) is 22.2 Å². The van der Waals surface area contributed by atoms with E-state index in [1.807, 2.05) is 6.07 Å². The molecule has 2 aromatic carbocycles. The van der Waals surface area contributed by atoms with Crippen molar-refractivity contribution in [3.05, 3.63) is 58.1 Å². The Bertz CT molecular complexity index is 865. The molecule has 1 N–H and O–H groups in total. The molecule has 0 fully saturated rings. The van der Waals surface area contributed by atoms with Crippen LogP contribution in [0.15, 0.2) is 42.5 Å². The molecule has 134 valence electrons. The van der Waals surface area contributed by atoms with Crippen molar-refractivity contribution in [3.8, 4) is 11.8 Å². The lowest BCUT2D eigenvalue weighted by Gasteiger charge is -2.17. The largest absolute Gasteiger partial charge is 0.482 e. The molecule has 2 aromatic rings. The van der Waals surface area contributed by atoms with Crippen molar-refractivity contribution in [1.29, 1.82) is 5.26 Å². The van der Waals surface area contributed by atoms with E-state index in [0.29, 0.717) is 27.0 Å². The second kappa shape index (κ2) is 9.09. The Morgan fingerprint density at radius 1 is 1.19 bits per heavy atom. The number of amides is 2. The first-order valence-corrected chi connectivity index (χ1v) is 8.27. The van der Waals surface area contributed by atoms with E-state index in [9.17, 15) is 9.59 Å². The Morgan fingerprint density at radius 3 is 2.62 bits per heavy atom. The van der Waals surface area contributed by atoms with E-state index in [4.69, 9.17) is 33.2 Å². The lowest BCUT2D eigenvalue weighted by molar-refractivity contribution is -0.135. The molecule has 0 aromatic heterocycles. The summed E-state index contributed by atoms with van der Waals surface area (Å²) in [5.74, 6) is -0.476. The first-order valence-electron chi connectivity index (χ1n) is 7.51. The zero-order valence-electron chi connectivity index (χ0n) is 13.8. The van der Waals surface area contributed by atoms with Crippen LogP contribution in [0.3, 0.4) is 0 Å². The molecule has 0 radical (unpaired) electrons. The molecule has 0 saturated carbocycles. The SMILES string of the molecule is CN(CC(=O)Nc1ccc(Cl)c(Cl)c1)C(=O)COc1ccccc1C#N. The normalized spacial score (nSPS) is 9.92. The van der Waals surface area contributed by atoms with Crippen LogP contribution in [0.1, 0.15) is 5.56 Å². The Hall–Kier alpha value is -2.75. The highest BCUT2D eigenvalue weighted by Gasteiger charge is 2.15. The van der Waals surface area contributed by atoms with E-state index in [0.717, 1.165) is 0 Å². The lowest BCUT2D eigenvalue weighted by atomic mass is 10.2. The third kappa shape index (κ3) is 5.38. The fraction of sp³-hybridized carbons (Fsp3) is 0.167. The van der Waals surface area contributed by atoms with Gasteiger partial charge >= 0.3 is 0 Å². The molecule has 2 amide bonds. The number of anilines is 1. The van der Waals surface area contributed by atoms with E-state index >= 15 is 0 Å². The summed E-state index contributed by atoms with van der Waals surface area (Å²) in [6.07, 6.45) is 0. The van der Waals surface area contributed by atoms with Crippen molar-refractivity contribution >= 4 is 40.7 Å². The Morgan fingerprint density at radius 2 is 1.92 bits per heavy atom. The fourth-order valence-corrected chi connectivity index (χ4v) is 2.31. The van der Waals surface area contributed by atoms with Gasteiger partial charge in [0.25, 0.3) is 5.91 Å². The van der Waals surface area contributed by atoms with Crippen LogP contribution in [0.5, 0.6) is 5.75 Å². The highest BCUT2D eigenvalue weighted by atomic mass is 35.5. The van der Waals surface area contributed by atoms with Crippen LogP contribution in [0.25, 0.3) is 0 Å². The van der Waals surface area contributed by atoms with E-state index in [1.165, 1.54) is 18.0 Å². The molecule has 6 nitrogen and oxygen atoms in total. The van der Waals surface area contributed by atoms with E-state index < -0.39 is 11.8 Å². The number of benzene rings is 2. The third-order valence-electron chi connectivity index (χ3n) is 3.37. The van der Waals surface area contributed by atoms with Crippen LogP contribution in [0.2, 0.25) is 10.0 Å². The molecule has 26 heavy (non-hydrogen) atoms. The van der Waals surface area contributed by atoms with Crippen LogP contribution in [-0.4, -0.2) is 36.9 Å². The first kappa shape index (κ1) is 19.6. The number of nitrogens with one attached hydrogen (secondary N) is 1. The number of hydrogen-bond acceptors (Lipinski definition) is 4. The maximum atomic E-state index is 12.1. The highest BCUT2D eigenvalue weighted by Crippen LogP contribution is 2.25. The van der Waals surface area contributed by atoms with E-state index in [-0.39, 0.29) is 13.2 Å². The van der Waals surface area contributed by atoms with E-state index in [1.54, 1.807) is 36.4 Å². The van der Waals surface area contributed by atoms with Gasteiger partial charge in [0.15, 0.2) is 6.61 Å².